The molecule has 0 fully saturated rings. The quantitative estimate of drug-likeness (QED) is 0.634. The van der Waals surface area contributed by atoms with Crippen molar-refractivity contribution in [3.05, 3.63) is 59.4 Å². The highest BCUT2D eigenvalue weighted by Gasteiger charge is 2.26. The highest BCUT2D eigenvalue weighted by Crippen LogP contribution is 2.22. The number of nitrogens with zero attached hydrogens (tertiary/aromatic N) is 2. The summed E-state index contributed by atoms with van der Waals surface area (Å²) in [6.07, 6.45) is 3.08. The van der Waals surface area contributed by atoms with Crippen LogP contribution in [0.3, 0.4) is 0 Å². The minimum absolute atomic E-state index is 0.285. The minimum Gasteiger partial charge on any atom is -0.444 e. The van der Waals surface area contributed by atoms with Gasteiger partial charge in [-0.25, -0.2) is 9.78 Å². The molecule has 2 aromatic heterocycles. The van der Waals surface area contributed by atoms with E-state index in [0.29, 0.717) is 10.8 Å². The fraction of sp³-hybridized carbons (Fsp3) is 0.318. The molecule has 7 nitrogen and oxygen atoms in total. The standard InChI is InChI=1S/C22H25ClN4O3/c1-22(2,3)30-21(29)25-17(20(28)26-19-12-15(23)9-10-24-19)11-14-13-27(4)18-8-6-5-7-16(14)18/h5-10,12-13,17H,11H2,1-4H3,(H,25,29)(H,24,26,28)/t17-/m0/s1. The molecule has 0 radical (unpaired) electrons. The average Bonchev–Trinajstić information content (AvgIpc) is 2.96. The first-order valence-electron chi connectivity index (χ1n) is 9.57. The Hall–Kier alpha value is -3.06. The second kappa shape index (κ2) is 8.75. The molecule has 2 heterocycles. The van der Waals surface area contributed by atoms with Crippen molar-refractivity contribution in [3.63, 3.8) is 0 Å². The van der Waals surface area contributed by atoms with Crippen LogP contribution in [0.4, 0.5) is 10.6 Å². The number of nitrogens with one attached hydrogen (secondary N) is 2. The minimum atomic E-state index is -0.869. The van der Waals surface area contributed by atoms with Gasteiger partial charge in [0.15, 0.2) is 0 Å². The summed E-state index contributed by atoms with van der Waals surface area (Å²) in [6, 6.07) is 10.2. The normalized spacial score (nSPS) is 12.4. The maximum Gasteiger partial charge on any atom is 0.408 e. The molecule has 0 spiro atoms. The molecule has 0 unspecified atom stereocenters. The zero-order valence-electron chi connectivity index (χ0n) is 17.4. The number of rotatable bonds is 5. The van der Waals surface area contributed by atoms with Crippen LogP contribution in [-0.4, -0.2) is 33.2 Å². The van der Waals surface area contributed by atoms with E-state index < -0.39 is 23.6 Å². The zero-order chi connectivity index (χ0) is 21.9. The van der Waals surface area contributed by atoms with E-state index in [1.54, 1.807) is 32.9 Å². The third kappa shape index (κ3) is 5.51. The van der Waals surface area contributed by atoms with Crippen LogP contribution < -0.4 is 10.6 Å². The summed E-state index contributed by atoms with van der Waals surface area (Å²) in [4.78, 5) is 29.5. The lowest BCUT2D eigenvalue weighted by Crippen LogP contribution is -2.47. The molecule has 0 saturated heterocycles. The van der Waals surface area contributed by atoms with Gasteiger partial charge in [-0.2, -0.15) is 0 Å². The van der Waals surface area contributed by atoms with Crippen molar-refractivity contribution in [3.8, 4) is 0 Å². The van der Waals surface area contributed by atoms with Crippen molar-refractivity contribution < 1.29 is 14.3 Å². The number of pyridine rings is 1. The molecular formula is C22H25ClN4O3. The maximum absolute atomic E-state index is 13.0. The fourth-order valence-corrected chi connectivity index (χ4v) is 3.31. The van der Waals surface area contributed by atoms with Gasteiger partial charge in [-0.1, -0.05) is 29.8 Å². The molecule has 0 aliphatic rings. The number of aryl methyl sites for hydroxylation is 1. The first kappa shape index (κ1) is 21.6. The molecule has 3 rings (SSSR count). The number of alkyl carbamates (subject to hydrolysis) is 1. The predicted molar refractivity (Wildman–Crippen MR) is 118 cm³/mol. The molecule has 8 heteroatoms. The Labute approximate surface area is 180 Å². The van der Waals surface area contributed by atoms with E-state index in [9.17, 15) is 9.59 Å². The lowest BCUT2D eigenvalue weighted by atomic mass is 10.0. The number of amides is 2. The van der Waals surface area contributed by atoms with Gasteiger partial charge in [-0.15, -0.1) is 0 Å². The average molecular weight is 429 g/mol. The topological polar surface area (TPSA) is 85.2 Å². The molecule has 1 aromatic carbocycles. The lowest BCUT2D eigenvalue weighted by Gasteiger charge is -2.23. The SMILES string of the molecule is Cn1cc(C[C@H](NC(=O)OC(C)(C)C)C(=O)Nc2cc(Cl)ccn2)c2ccccc21. The summed E-state index contributed by atoms with van der Waals surface area (Å²) in [5.74, 6) is -0.107. The summed E-state index contributed by atoms with van der Waals surface area (Å²) in [7, 11) is 1.94. The van der Waals surface area contributed by atoms with Crippen LogP contribution in [0.1, 0.15) is 26.3 Å². The summed E-state index contributed by atoms with van der Waals surface area (Å²) in [5, 5.41) is 6.87. The lowest BCUT2D eigenvalue weighted by molar-refractivity contribution is -0.118. The predicted octanol–water partition coefficient (Wildman–Crippen LogP) is 4.30. The Kier molecular flexibility index (Phi) is 6.31. The van der Waals surface area contributed by atoms with Gasteiger partial charge in [0, 0.05) is 41.8 Å². The van der Waals surface area contributed by atoms with E-state index in [-0.39, 0.29) is 6.42 Å². The molecule has 2 amide bonds. The number of fused-ring (bicyclic) bond motifs is 1. The molecule has 3 aromatic rings. The maximum atomic E-state index is 13.0. The Morgan fingerprint density at radius 1 is 1.23 bits per heavy atom. The Morgan fingerprint density at radius 3 is 2.67 bits per heavy atom. The number of anilines is 1. The van der Waals surface area contributed by atoms with Crippen molar-refractivity contribution in [2.45, 2.75) is 38.8 Å². The van der Waals surface area contributed by atoms with Crippen molar-refractivity contribution >= 4 is 40.3 Å². The van der Waals surface area contributed by atoms with Gasteiger partial charge in [0.2, 0.25) is 5.91 Å². The first-order valence-corrected chi connectivity index (χ1v) is 9.95. The fourth-order valence-electron chi connectivity index (χ4n) is 3.15. The third-order valence-corrected chi connectivity index (χ3v) is 4.62. The van der Waals surface area contributed by atoms with Crippen LogP contribution in [-0.2, 0) is 23.0 Å². The Balaban J connectivity index is 1.86. The molecule has 0 aliphatic carbocycles. The number of halogens is 1. The van der Waals surface area contributed by atoms with Crippen LogP contribution in [0.25, 0.3) is 10.9 Å². The second-order valence-corrected chi connectivity index (χ2v) is 8.47. The largest absolute Gasteiger partial charge is 0.444 e. The molecule has 0 bridgehead atoms. The van der Waals surface area contributed by atoms with Crippen molar-refractivity contribution in [2.24, 2.45) is 7.05 Å². The Morgan fingerprint density at radius 2 is 1.97 bits per heavy atom. The summed E-state index contributed by atoms with van der Waals surface area (Å²) < 4.78 is 7.34. The van der Waals surface area contributed by atoms with Crippen LogP contribution >= 0.6 is 11.6 Å². The van der Waals surface area contributed by atoms with Crippen molar-refractivity contribution in [1.82, 2.24) is 14.9 Å². The smallest absolute Gasteiger partial charge is 0.408 e. The summed E-state index contributed by atoms with van der Waals surface area (Å²) >= 11 is 5.98. The summed E-state index contributed by atoms with van der Waals surface area (Å²) in [6.45, 7) is 5.30. The van der Waals surface area contributed by atoms with E-state index in [0.717, 1.165) is 16.5 Å². The number of ether oxygens (including phenoxy) is 1. The second-order valence-electron chi connectivity index (χ2n) is 8.03. The number of aromatic nitrogens is 2. The van der Waals surface area contributed by atoms with E-state index >= 15 is 0 Å². The van der Waals surface area contributed by atoms with Gasteiger partial charge in [0.05, 0.1) is 0 Å². The van der Waals surface area contributed by atoms with Gasteiger partial charge in [0.1, 0.15) is 17.5 Å². The van der Waals surface area contributed by atoms with E-state index in [1.165, 1.54) is 6.20 Å². The third-order valence-electron chi connectivity index (χ3n) is 4.38. The van der Waals surface area contributed by atoms with Crippen LogP contribution in [0, 0.1) is 0 Å². The van der Waals surface area contributed by atoms with Crippen LogP contribution in [0.5, 0.6) is 0 Å². The van der Waals surface area contributed by atoms with E-state index in [4.69, 9.17) is 16.3 Å². The molecule has 30 heavy (non-hydrogen) atoms. The molecule has 1 atom stereocenters. The van der Waals surface area contributed by atoms with E-state index in [1.807, 2.05) is 42.1 Å². The van der Waals surface area contributed by atoms with Crippen molar-refractivity contribution in [2.75, 3.05) is 5.32 Å². The van der Waals surface area contributed by atoms with Crippen LogP contribution in [0.15, 0.2) is 48.8 Å². The number of carbonyl (C=O) groups excluding carboxylic acids is 2. The van der Waals surface area contributed by atoms with Crippen molar-refractivity contribution in [1.29, 1.82) is 0 Å². The number of carbonyl (C=O) groups is 2. The monoisotopic (exact) mass is 428 g/mol. The number of hydrogen-bond acceptors (Lipinski definition) is 4. The van der Waals surface area contributed by atoms with Gasteiger partial charge in [-0.3, -0.25) is 4.79 Å². The molecule has 0 aliphatic heterocycles. The summed E-state index contributed by atoms with van der Waals surface area (Å²) in [5.41, 5.74) is 1.29. The van der Waals surface area contributed by atoms with Gasteiger partial charge < -0.3 is 19.9 Å². The highest BCUT2D eigenvalue weighted by molar-refractivity contribution is 6.30. The number of hydrogen-bond donors (Lipinski definition) is 2. The molecule has 2 N–H and O–H groups in total. The van der Waals surface area contributed by atoms with E-state index in [2.05, 4.69) is 15.6 Å². The highest BCUT2D eigenvalue weighted by atomic mass is 35.5. The van der Waals surface area contributed by atoms with Gasteiger partial charge in [0.25, 0.3) is 0 Å². The molecule has 0 saturated carbocycles. The van der Waals surface area contributed by atoms with Gasteiger partial charge >= 0.3 is 6.09 Å². The number of para-hydroxylation sites is 1. The molecule has 158 valence electrons. The van der Waals surface area contributed by atoms with Crippen LogP contribution in [0.2, 0.25) is 5.02 Å². The Bertz CT molecular complexity index is 1070. The first-order chi connectivity index (χ1) is 14.1. The van der Waals surface area contributed by atoms with Gasteiger partial charge in [-0.05, 0) is 44.5 Å². The number of benzene rings is 1. The zero-order valence-corrected chi connectivity index (χ0v) is 18.2. The molecular weight excluding hydrogens is 404 g/mol.